The largest absolute Gasteiger partial charge is 0.489 e. The lowest BCUT2D eigenvalue weighted by atomic mass is 9.78. The highest BCUT2D eigenvalue weighted by Gasteiger charge is 2.43. The molecule has 5 rings (SSSR count). The molecule has 2 unspecified atom stereocenters. The van der Waals surface area contributed by atoms with Crippen LogP contribution in [0.5, 0.6) is 5.75 Å². The number of carboxylic acids is 1. The number of thiazole rings is 1. The third-order valence-electron chi connectivity index (χ3n) is 8.38. The van der Waals surface area contributed by atoms with Crippen LogP contribution in [0.25, 0.3) is 11.3 Å². The summed E-state index contributed by atoms with van der Waals surface area (Å²) in [6, 6.07) is 21.0. The minimum absolute atomic E-state index is 0.125. The van der Waals surface area contributed by atoms with Crippen LogP contribution in [0, 0.1) is 5.92 Å². The molecule has 1 N–H and O–H groups in total. The Morgan fingerprint density at radius 1 is 0.956 bits per heavy atom. The van der Waals surface area contributed by atoms with Crippen molar-refractivity contribution in [2.45, 2.75) is 63.8 Å². The summed E-state index contributed by atoms with van der Waals surface area (Å²) < 4.78 is 45.1. The standard InChI is InChI=1S/C36H35F3N2O3S/c1-3-26(4-2)27-10-6-25(7-11-27)22-44-30-16-12-28(13-17-30)32-23-45-33(41-32)20-31(34(42)43)35(18-5-19-40-35)21-24-8-14-29(15-9-24)36(37,38)39/h5-19,23,26,31H,3-4,20-22H2,1-2H3,(H,42,43). The van der Waals surface area contributed by atoms with E-state index in [1.54, 1.807) is 18.4 Å². The topological polar surface area (TPSA) is 71.8 Å². The molecule has 3 aromatic carbocycles. The van der Waals surface area contributed by atoms with Gasteiger partial charge in [-0.05, 0) is 77.9 Å². The molecule has 0 aliphatic carbocycles. The molecule has 234 valence electrons. The van der Waals surface area contributed by atoms with Gasteiger partial charge in [0, 0.05) is 30.0 Å². The second kappa shape index (κ2) is 13.8. The highest BCUT2D eigenvalue weighted by atomic mass is 32.1. The number of ether oxygens (including phenoxy) is 1. The SMILES string of the molecule is CCC(CC)c1ccc(COc2ccc(-c3csc(CC(C(=O)O)C4(Cc5ccc(C(F)(F)F)cc5)C=CC=N4)n3)cc2)cc1. The smallest absolute Gasteiger partial charge is 0.416 e. The lowest BCUT2D eigenvalue weighted by Gasteiger charge is -2.30. The number of carbonyl (C=O) groups is 1. The van der Waals surface area contributed by atoms with Crippen LogP contribution in [0.1, 0.15) is 59.9 Å². The maximum Gasteiger partial charge on any atom is 0.416 e. The predicted molar refractivity (Wildman–Crippen MR) is 172 cm³/mol. The lowest BCUT2D eigenvalue weighted by Crippen LogP contribution is -2.41. The van der Waals surface area contributed by atoms with Crippen LogP contribution in [-0.2, 0) is 30.4 Å². The highest BCUT2D eigenvalue weighted by molar-refractivity contribution is 7.10. The summed E-state index contributed by atoms with van der Waals surface area (Å²) in [4.78, 5) is 21.8. The zero-order valence-corrected chi connectivity index (χ0v) is 25.9. The minimum atomic E-state index is -4.44. The summed E-state index contributed by atoms with van der Waals surface area (Å²) in [5.74, 6) is -0.696. The number of aliphatic carboxylic acids is 1. The van der Waals surface area contributed by atoms with Crippen LogP contribution >= 0.6 is 11.3 Å². The minimum Gasteiger partial charge on any atom is -0.489 e. The molecule has 1 aliphatic rings. The van der Waals surface area contributed by atoms with Crippen LogP contribution in [0.15, 0.2) is 95.3 Å². The van der Waals surface area contributed by atoms with Crippen LogP contribution in [0.2, 0.25) is 0 Å². The van der Waals surface area contributed by atoms with Gasteiger partial charge in [0.2, 0.25) is 0 Å². The fraction of sp³-hybridized carbons (Fsp3) is 0.306. The zero-order valence-electron chi connectivity index (χ0n) is 25.1. The molecule has 9 heteroatoms. The predicted octanol–water partition coefficient (Wildman–Crippen LogP) is 9.18. The fourth-order valence-electron chi connectivity index (χ4n) is 5.73. The highest BCUT2D eigenvalue weighted by Crippen LogP contribution is 2.36. The van der Waals surface area contributed by atoms with Gasteiger partial charge in [0.15, 0.2) is 0 Å². The molecule has 0 saturated carbocycles. The maximum absolute atomic E-state index is 13.0. The molecule has 2 atom stereocenters. The average molecular weight is 633 g/mol. The Bertz CT molecular complexity index is 1630. The van der Waals surface area contributed by atoms with Gasteiger partial charge in [-0.15, -0.1) is 11.3 Å². The first-order chi connectivity index (χ1) is 21.6. The van der Waals surface area contributed by atoms with Crippen molar-refractivity contribution in [3.05, 3.63) is 118 Å². The van der Waals surface area contributed by atoms with Gasteiger partial charge in [-0.2, -0.15) is 13.2 Å². The number of benzene rings is 3. The number of allylic oxidation sites excluding steroid dienone is 1. The number of hydrogen-bond acceptors (Lipinski definition) is 5. The maximum atomic E-state index is 13.0. The van der Waals surface area contributed by atoms with Crippen LogP contribution in [-0.4, -0.2) is 27.8 Å². The monoisotopic (exact) mass is 632 g/mol. The number of alkyl halides is 3. The van der Waals surface area contributed by atoms with Gasteiger partial charge in [-0.1, -0.05) is 56.3 Å². The molecule has 2 heterocycles. The van der Waals surface area contributed by atoms with Crippen molar-refractivity contribution in [3.63, 3.8) is 0 Å². The van der Waals surface area contributed by atoms with E-state index >= 15 is 0 Å². The average Bonchev–Trinajstić information content (AvgIpc) is 3.70. The number of halogens is 3. The Balaban J connectivity index is 1.24. The van der Waals surface area contributed by atoms with Gasteiger partial charge >= 0.3 is 12.1 Å². The van der Waals surface area contributed by atoms with Crippen molar-refractivity contribution in [1.29, 1.82) is 0 Å². The molecule has 0 saturated heterocycles. The van der Waals surface area contributed by atoms with Crippen LogP contribution < -0.4 is 4.74 Å². The molecule has 45 heavy (non-hydrogen) atoms. The number of aromatic nitrogens is 1. The van der Waals surface area contributed by atoms with E-state index in [1.165, 1.54) is 29.0 Å². The molecule has 0 bridgehead atoms. The first-order valence-electron chi connectivity index (χ1n) is 15.0. The Morgan fingerprint density at radius 2 is 1.62 bits per heavy atom. The molecule has 5 nitrogen and oxygen atoms in total. The number of nitrogens with zero attached hydrogens (tertiary/aromatic N) is 2. The first kappa shape index (κ1) is 32.2. The van der Waals surface area contributed by atoms with E-state index in [0.717, 1.165) is 47.5 Å². The summed E-state index contributed by atoms with van der Waals surface area (Å²) in [5, 5.41) is 12.8. The first-order valence-corrected chi connectivity index (χ1v) is 15.9. The summed E-state index contributed by atoms with van der Waals surface area (Å²) in [7, 11) is 0. The molecular weight excluding hydrogens is 597 g/mol. The van der Waals surface area contributed by atoms with E-state index in [0.29, 0.717) is 23.1 Å². The van der Waals surface area contributed by atoms with E-state index in [2.05, 4.69) is 43.1 Å². The van der Waals surface area contributed by atoms with Gasteiger partial charge in [0.1, 0.15) is 12.4 Å². The van der Waals surface area contributed by atoms with Crippen molar-refractivity contribution >= 4 is 23.5 Å². The quantitative estimate of drug-likeness (QED) is 0.160. The summed E-state index contributed by atoms with van der Waals surface area (Å²) >= 11 is 1.37. The zero-order chi connectivity index (χ0) is 32.0. The Morgan fingerprint density at radius 3 is 2.20 bits per heavy atom. The van der Waals surface area contributed by atoms with Gasteiger partial charge < -0.3 is 9.84 Å². The molecule has 1 aromatic heterocycles. The summed E-state index contributed by atoms with van der Waals surface area (Å²) in [6.07, 6.45) is 3.02. The molecular formula is C36H35F3N2O3S. The van der Waals surface area contributed by atoms with Gasteiger partial charge in [-0.3, -0.25) is 9.79 Å². The van der Waals surface area contributed by atoms with Crippen molar-refractivity contribution < 1.29 is 27.8 Å². The van der Waals surface area contributed by atoms with Gasteiger partial charge in [0.25, 0.3) is 0 Å². The van der Waals surface area contributed by atoms with E-state index in [1.807, 2.05) is 29.6 Å². The number of rotatable bonds is 13. The number of aliphatic imine (C=N–C) groups is 1. The van der Waals surface area contributed by atoms with E-state index in [4.69, 9.17) is 9.72 Å². The number of carboxylic acid groups (broad SMARTS) is 1. The van der Waals surface area contributed by atoms with Crippen molar-refractivity contribution in [2.75, 3.05) is 0 Å². The molecule has 0 spiro atoms. The van der Waals surface area contributed by atoms with E-state index in [9.17, 15) is 23.1 Å². The van der Waals surface area contributed by atoms with Crippen molar-refractivity contribution in [2.24, 2.45) is 10.9 Å². The summed E-state index contributed by atoms with van der Waals surface area (Å²) in [6.45, 7) is 4.88. The second-order valence-corrected chi connectivity index (χ2v) is 12.2. The molecule has 0 radical (unpaired) electrons. The third kappa shape index (κ3) is 7.71. The fourth-order valence-corrected chi connectivity index (χ4v) is 6.58. The second-order valence-electron chi connectivity index (χ2n) is 11.3. The van der Waals surface area contributed by atoms with E-state index < -0.39 is 29.2 Å². The normalized spacial score (nSPS) is 16.8. The third-order valence-corrected chi connectivity index (χ3v) is 9.25. The summed E-state index contributed by atoms with van der Waals surface area (Å²) in [5.41, 5.74) is 2.74. The van der Waals surface area contributed by atoms with E-state index in [-0.39, 0.29) is 12.8 Å². The van der Waals surface area contributed by atoms with Crippen LogP contribution in [0.3, 0.4) is 0 Å². The number of hydrogen-bond donors (Lipinski definition) is 1. The molecule has 0 fully saturated rings. The van der Waals surface area contributed by atoms with Crippen LogP contribution in [0.4, 0.5) is 13.2 Å². The Kier molecular flexibility index (Phi) is 9.87. The molecule has 4 aromatic rings. The van der Waals surface area contributed by atoms with Gasteiger partial charge in [-0.25, -0.2) is 4.98 Å². The van der Waals surface area contributed by atoms with Gasteiger partial charge in [0.05, 0.1) is 27.7 Å². The van der Waals surface area contributed by atoms with Crippen molar-refractivity contribution in [1.82, 2.24) is 4.98 Å². The molecule has 0 amide bonds. The lowest BCUT2D eigenvalue weighted by molar-refractivity contribution is -0.143. The molecule has 1 aliphatic heterocycles. The Hall–Kier alpha value is -4.24. The van der Waals surface area contributed by atoms with Crippen molar-refractivity contribution in [3.8, 4) is 17.0 Å². The Labute approximate surface area is 265 Å².